The van der Waals surface area contributed by atoms with E-state index in [-0.39, 0.29) is 18.8 Å². The second kappa shape index (κ2) is 11.6. The van der Waals surface area contributed by atoms with Crippen LogP contribution in [0.2, 0.25) is 0 Å². The van der Waals surface area contributed by atoms with Crippen LogP contribution in [-0.2, 0) is 26.0 Å². The van der Waals surface area contributed by atoms with Crippen LogP contribution in [0.3, 0.4) is 0 Å². The van der Waals surface area contributed by atoms with Gasteiger partial charge in [0.05, 0.1) is 19.3 Å². The molecule has 0 spiro atoms. The van der Waals surface area contributed by atoms with Gasteiger partial charge in [-0.05, 0) is 61.4 Å². The van der Waals surface area contributed by atoms with Crippen molar-refractivity contribution in [3.05, 3.63) is 89.7 Å². The highest BCUT2D eigenvalue weighted by Crippen LogP contribution is 2.25. The summed E-state index contributed by atoms with van der Waals surface area (Å²) in [5.41, 5.74) is 1.37. The number of hydrogen-bond acceptors (Lipinski definition) is 6. The first kappa shape index (κ1) is 25.9. The van der Waals surface area contributed by atoms with E-state index in [4.69, 9.17) is 9.47 Å². The van der Waals surface area contributed by atoms with Crippen molar-refractivity contribution in [1.29, 1.82) is 0 Å². The van der Waals surface area contributed by atoms with E-state index in [1.54, 1.807) is 37.3 Å². The minimum Gasteiger partial charge on any atom is -0.495 e. The molecule has 35 heavy (non-hydrogen) atoms. The van der Waals surface area contributed by atoms with E-state index < -0.39 is 38.7 Å². The number of nitrogens with one attached hydrogen (secondary N) is 2. The van der Waals surface area contributed by atoms with Crippen molar-refractivity contribution < 1.29 is 31.9 Å². The smallest absolute Gasteiger partial charge is 0.338 e. The molecule has 8 nitrogen and oxygen atoms in total. The summed E-state index contributed by atoms with van der Waals surface area (Å²) in [6.07, 6.45) is 0.0322. The maximum absolute atomic E-state index is 13.8. The van der Waals surface area contributed by atoms with Crippen molar-refractivity contribution in [2.45, 2.75) is 24.3 Å². The molecule has 0 aromatic heterocycles. The lowest BCUT2D eigenvalue weighted by molar-refractivity contribution is -0.117. The van der Waals surface area contributed by atoms with Gasteiger partial charge in [-0.25, -0.2) is 17.6 Å². The molecule has 0 heterocycles. The summed E-state index contributed by atoms with van der Waals surface area (Å²) in [6, 6.07) is 16.7. The van der Waals surface area contributed by atoms with Crippen LogP contribution in [-0.4, -0.2) is 40.1 Å². The Morgan fingerprint density at radius 2 is 1.69 bits per heavy atom. The predicted molar refractivity (Wildman–Crippen MR) is 128 cm³/mol. The van der Waals surface area contributed by atoms with Crippen LogP contribution in [0.1, 0.15) is 22.8 Å². The highest BCUT2D eigenvalue weighted by molar-refractivity contribution is 7.89. The lowest BCUT2D eigenvalue weighted by Gasteiger charge is -2.20. The fraction of sp³-hybridized carbons (Fsp3) is 0.200. The molecule has 2 N–H and O–H groups in total. The molecular weight excluding hydrogens is 475 g/mol. The van der Waals surface area contributed by atoms with E-state index in [0.717, 1.165) is 12.1 Å². The zero-order valence-electron chi connectivity index (χ0n) is 19.2. The van der Waals surface area contributed by atoms with Gasteiger partial charge in [0.1, 0.15) is 22.5 Å². The Hall–Kier alpha value is -3.76. The Kier molecular flexibility index (Phi) is 8.56. The quantitative estimate of drug-likeness (QED) is 0.412. The molecule has 0 radical (unpaired) electrons. The number of rotatable bonds is 10. The van der Waals surface area contributed by atoms with Gasteiger partial charge in [0, 0.05) is 5.69 Å². The predicted octanol–water partition coefficient (Wildman–Crippen LogP) is 3.54. The van der Waals surface area contributed by atoms with E-state index in [0.29, 0.717) is 16.8 Å². The number of benzene rings is 3. The van der Waals surface area contributed by atoms with Gasteiger partial charge >= 0.3 is 5.97 Å². The van der Waals surface area contributed by atoms with Gasteiger partial charge in [0.15, 0.2) is 0 Å². The third-order valence-corrected chi connectivity index (χ3v) is 6.47. The number of esters is 1. The first-order valence-electron chi connectivity index (χ1n) is 10.7. The normalized spacial score (nSPS) is 12.0. The number of sulfonamides is 1. The Morgan fingerprint density at radius 1 is 1.00 bits per heavy atom. The van der Waals surface area contributed by atoms with Crippen LogP contribution in [0.5, 0.6) is 5.75 Å². The number of carbonyl (C=O) groups excluding carboxylic acids is 2. The van der Waals surface area contributed by atoms with Gasteiger partial charge in [0.25, 0.3) is 0 Å². The van der Waals surface area contributed by atoms with Crippen LogP contribution in [0.4, 0.5) is 10.1 Å². The van der Waals surface area contributed by atoms with Gasteiger partial charge in [-0.1, -0.05) is 30.3 Å². The Balaban J connectivity index is 1.86. The molecule has 10 heteroatoms. The van der Waals surface area contributed by atoms with Crippen LogP contribution in [0.15, 0.2) is 77.7 Å². The van der Waals surface area contributed by atoms with Crippen LogP contribution < -0.4 is 14.8 Å². The van der Waals surface area contributed by atoms with Crippen molar-refractivity contribution in [2.24, 2.45) is 0 Å². The van der Waals surface area contributed by atoms with E-state index in [9.17, 15) is 22.4 Å². The summed E-state index contributed by atoms with van der Waals surface area (Å²) in [6.45, 7) is 1.93. The monoisotopic (exact) mass is 500 g/mol. The maximum Gasteiger partial charge on any atom is 0.338 e. The number of anilines is 1. The van der Waals surface area contributed by atoms with Crippen LogP contribution >= 0.6 is 0 Å². The van der Waals surface area contributed by atoms with Crippen molar-refractivity contribution in [3.63, 3.8) is 0 Å². The molecule has 1 atom stereocenters. The molecule has 0 aliphatic rings. The van der Waals surface area contributed by atoms with E-state index in [1.807, 2.05) is 0 Å². The first-order chi connectivity index (χ1) is 16.7. The summed E-state index contributed by atoms with van der Waals surface area (Å²) >= 11 is 0. The zero-order valence-corrected chi connectivity index (χ0v) is 20.0. The number of halogens is 1. The molecule has 1 unspecified atom stereocenters. The van der Waals surface area contributed by atoms with Gasteiger partial charge in [-0.2, -0.15) is 4.72 Å². The Labute approximate surface area is 203 Å². The molecule has 3 aromatic carbocycles. The highest BCUT2D eigenvalue weighted by Gasteiger charge is 2.29. The first-order valence-corrected chi connectivity index (χ1v) is 12.2. The van der Waals surface area contributed by atoms with Crippen molar-refractivity contribution >= 4 is 27.6 Å². The molecule has 1 amide bonds. The van der Waals surface area contributed by atoms with Crippen LogP contribution in [0.25, 0.3) is 0 Å². The Morgan fingerprint density at radius 3 is 2.31 bits per heavy atom. The second-order valence-electron chi connectivity index (χ2n) is 7.45. The van der Waals surface area contributed by atoms with E-state index in [2.05, 4.69) is 10.0 Å². The number of methoxy groups -OCH3 is 1. The Bertz CT molecular complexity index is 1280. The largest absolute Gasteiger partial charge is 0.495 e. The average Bonchev–Trinajstić information content (AvgIpc) is 2.84. The molecule has 0 fully saturated rings. The van der Waals surface area contributed by atoms with Crippen molar-refractivity contribution in [1.82, 2.24) is 4.72 Å². The standard InChI is InChI=1S/C25H25FN2O6S/c1-3-34-25(30)18-9-12-20(13-10-18)27-24(29)21(15-17-7-5-4-6-8-17)28-35(31,32)23-16-19(26)11-14-22(23)33-2/h4-14,16,21,28H,3,15H2,1-2H3,(H,27,29). The third-order valence-electron chi connectivity index (χ3n) is 4.98. The summed E-state index contributed by atoms with van der Waals surface area (Å²) < 4.78 is 52.4. The molecule has 3 rings (SSSR count). The van der Waals surface area contributed by atoms with Crippen molar-refractivity contribution in [3.8, 4) is 5.75 Å². The SMILES string of the molecule is CCOC(=O)c1ccc(NC(=O)C(Cc2ccccc2)NS(=O)(=O)c2cc(F)ccc2OC)cc1. The summed E-state index contributed by atoms with van der Waals surface area (Å²) in [4.78, 5) is 24.5. The fourth-order valence-corrected chi connectivity index (χ4v) is 4.66. The number of ether oxygens (including phenoxy) is 2. The zero-order chi connectivity index (χ0) is 25.4. The minimum absolute atomic E-state index is 0.0322. The molecule has 0 aliphatic carbocycles. The lowest BCUT2D eigenvalue weighted by atomic mass is 10.1. The number of hydrogen-bond donors (Lipinski definition) is 2. The molecule has 0 saturated carbocycles. The second-order valence-corrected chi connectivity index (χ2v) is 9.13. The van der Waals surface area contributed by atoms with Gasteiger partial charge in [-0.15, -0.1) is 0 Å². The number of carbonyl (C=O) groups is 2. The average molecular weight is 501 g/mol. The topological polar surface area (TPSA) is 111 Å². The van der Waals surface area contributed by atoms with Gasteiger partial charge in [-0.3, -0.25) is 4.79 Å². The molecule has 0 saturated heterocycles. The molecular formula is C25H25FN2O6S. The summed E-state index contributed by atoms with van der Waals surface area (Å²) in [5, 5.41) is 2.65. The third kappa shape index (κ3) is 6.87. The molecule has 184 valence electrons. The van der Waals surface area contributed by atoms with E-state index in [1.165, 1.54) is 37.4 Å². The van der Waals surface area contributed by atoms with Crippen molar-refractivity contribution in [2.75, 3.05) is 19.0 Å². The van der Waals surface area contributed by atoms with Gasteiger partial charge in [0.2, 0.25) is 15.9 Å². The highest BCUT2D eigenvalue weighted by atomic mass is 32.2. The maximum atomic E-state index is 13.8. The molecule has 0 bridgehead atoms. The summed E-state index contributed by atoms with van der Waals surface area (Å²) in [5.74, 6) is -1.97. The van der Waals surface area contributed by atoms with E-state index >= 15 is 0 Å². The minimum atomic E-state index is -4.34. The fourth-order valence-electron chi connectivity index (χ4n) is 3.28. The lowest BCUT2D eigenvalue weighted by Crippen LogP contribution is -2.45. The summed E-state index contributed by atoms with van der Waals surface area (Å²) in [7, 11) is -3.08. The van der Waals surface area contributed by atoms with Crippen LogP contribution in [0, 0.1) is 5.82 Å². The number of amides is 1. The van der Waals surface area contributed by atoms with Gasteiger partial charge < -0.3 is 14.8 Å². The molecule has 3 aromatic rings. The molecule has 0 aliphatic heterocycles.